The fourth-order valence-corrected chi connectivity index (χ4v) is 3.74. The van der Waals surface area contributed by atoms with Crippen molar-refractivity contribution in [1.82, 2.24) is 0 Å². The van der Waals surface area contributed by atoms with Crippen molar-refractivity contribution in [3.8, 4) is 5.75 Å². The Balaban J connectivity index is 2.08. The molecular weight excluding hydrogens is 312 g/mol. The largest absolute Gasteiger partial charge is 0.493 e. The number of carbonyl (C=O) groups is 1. The molecule has 2 rings (SSSR count). The third-order valence-electron chi connectivity index (χ3n) is 3.71. The van der Waals surface area contributed by atoms with E-state index in [1.165, 1.54) is 0 Å². The highest BCUT2D eigenvalue weighted by molar-refractivity contribution is 7.91. The first-order valence-electron chi connectivity index (χ1n) is 7.04. The first-order chi connectivity index (χ1) is 9.85. The molecule has 1 aromatic rings. The summed E-state index contributed by atoms with van der Waals surface area (Å²) >= 11 is 6.15. The van der Waals surface area contributed by atoms with Crippen LogP contribution in [0.2, 0.25) is 5.02 Å². The van der Waals surface area contributed by atoms with Gasteiger partial charge in [0.15, 0.2) is 5.78 Å². The van der Waals surface area contributed by atoms with E-state index in [0.717, 1.165) is 5.56 Å². The maximum Gasteiger partial charge on any atom is 0.167 e. The zero-order valence-corrected chi connectivity index (χ0v) is 13.8. The molecule has 116 valence electrons. The quantitative estimate of drug-likeness (QED) is 0.751. The van der Waals surface area contributed by atoms with E-state index in [1.807, 2.05) is 6.92 Å². The molecule has 6 heteroatoms. The summed E-state index contributed by atoms with van der Waals surface area (Å²) in [7, 11) is -2.98. The van der Waals surface area contributed by atoms with Crippen LogP contribution < -0.4 is 4.74 Å². The molecule has 0 aromatic heterocycles. The Bertz CT molecular complexity index is 652. The van der Waals surface area contributed by atoms with E-state index in [1.54, 1.807) is 19.1 Å². The number of hydrogen-bond acceptors (Lipinski definition) is 4. The molecule has 0 N–H and O–H groups in total. The predicted octanol–water partition coefficient (Wildman–Crippen LogP) is 3.23. The van der Waals surface area contributed by atoms with Gasteiger partial charge in [0.05, 0.1) is 17.9 Å². The topological polar surface area (TPSA) is 60.4 Å². The van der Waals surface area contributed by atoms with Gasteiger partial charge in [0.25, 0.3) is 0 Å². The van der Waals surface area contributed by atoms with E-state index in [-0.39, 0.29) is 29.8 Å². The van der Waals surface area contributed by atoms with Crippen molar-refractivity contribution in [2.75, 3.05) is 18.1 Å². The van der Waals surface area contributed by atoms with Gasteiger partial charge < -0.3 is 4.74 Å². The SMILES string of the molecule is CCS(=O)(=O)CCCOc1ccc(Cl)c2c1C(=O)C[C@H]2C. The van der Waals surface area contributed by atoms with Crippen molar-refractivity contribution >= 4 is 27.2 Å². The zero-order chi connectivity index (χ0) is 15.6. The van der Waals surface area contributed by atoms with Crippen molar-refractivity contribution in [2.24, 2.45) is 0 Å². The Kier molecular flexibility index (Phi) is 4.94. The fraction of sp³-hybridized carbons (Fsp3) is 0.533. The molecule has 0 saturated heterocycles. The van der Waals surface area contributed by atoms with E-state index in [4.69, 9.17) is 16.3 Å². The van der Waals surface area contributed by atoms with Crippen LogP contribution in [0.3, 0.4) is 0 Å². The molecule has 0 amide bonds. The van der Waals surface area contributed by atoms with Crippen molar-refractivity contribution in [3.05, 3.63) is 28.3 Å². The molecule has 1 aliphatic rings. The number of hydrogen-bond donors (Lipinski definition) is 0. The van der Waals surface area contributed by atoms with Crippen LogP contribution in [0.5, 0.6) is 5.75 Å². The second-order valence-electron chi connectivity index (χ2n) is 5.30. The summed E-state index contributed by atoms with van der Waals surface area (Å²) in [6, 6.07) is 3.42. The molecule has 0 fully saturated rings. The van der Waals surface area contributed by atoms with Crippen LogP contribution in [0.15, 0.2) is 12.1 Å². The summed E-state index contributed by atoms with van der Waals surface area (Å²) in [6.07, 6.45) is 0.858. The van der Waals surface area contributed by atoms with Crippen molar-refractivity contribution in [1.29, 1.82) is 0 Å². The van der Waals surface area contributed by atoms with Crippen LogP contribution in [0.1, 0.15) is 48.5 Å². The second-order valence-corrected chi connectivity index (χ2v) is 8.18. The maximum absolute atomic E-state index is 12.1. The van der Waals surface area contributed by atoms with Gasteiger partial charge >= 0.3 is 0 Å². The van der Waals surface area contributed by atoms with Crippen molar-refractivity contribution in [3.63, 3.8) is 0 Å². The molecule has 4 nitrogen and oxygen atoms in total. The average Bonchev–Trinajstić information content (AvgIpc) is 2.73. The number of Topliss-reactive ketones (excluding diaryl/α,β-unsaturated/α-hetero) is 1. The number of fused-ring (bicyclic) bond motifs is 1. The van der Waals surface area contributed by atoms with Crippen LogP contribution in [-0.2, 0) is 9.84 Å². The monoisotopic (exact) mass is 330 g/mol. The number of benzene rings is 1. The molecule has 0 bridgehead atoms. The third kappa shape index (κ3) is 3.58. The number of sulfone groups is 1. The molecule has 1 atom stereocenters. The highest BCUT2D eigenvalue weighted by Crippen LogP contribution is 2.42. The van der Waals surface area contributed by atoms with E-state index in [0.29, 0.717) is 29.2 Å². The Morgan fingerprint density at radius 3 is 2.76 bits per heavy atom. The highest BCUT2D eigenvalue weighted by Gasteiger charge is 2.31. The van der Waals surface area contributed by atoms with E-state index in [2.05, 4.69) is 0 Å². The van der Waals surface area contributed by atoms with Crippen LogP contribution in [-0.4, -0.2) is 32.3 Å². The molecule has 0 unspecified atom stereocenters. The minimum Gasteiger partial charge on any atom is -0.493 e. The molecule has 1 aromatic carbocycles. The van der Waals surface area contributed by atoms with E-state index >= 15 is 0 Å². The Hall–Kier alpha value is -1.07. The van der Waals surface area contributed by atoms with Gasteiger partial charge in [-0.15, -0.1) is 0 Å². The lowest BCUT2D eigenvalue weighted by molar-refractivity contribution is 0.0987. The Morgan fingerprint density at radius 1 is 1.38 bits per heavy atom. The molecule has 0 radical (unpaired) electrons. The van der Waals surface area contributed by atoms with Gasteiger partial charge in [-0.3, -0.25) is 4.79 Å². The molecule has 0 heterocycles. The second kappa shape index (κ2) is 6.36. The van der Waals surface area contributed by atoms with Crippen molar-refractivity contribution in [2.45, 2.75) is 32.6 Å². The standard InChI is InChI=1S/C15H19ClO4S/c1-3-21(18,19)8-4-7-20-13-6-5-11(16)14-10(2)9-12(17)15(13)14/h5-6,10H,3-4,7-9H2,1-2H3/t10-/m1/s1. The Labute approximate surface area is 130 Å². The summed E-state index contributed by atoms with van der Waals surface area (Å²) in [6.45, 7) is 3.87. The number of halogens is 1. The Morgan fingerprint density at radius 2 is 2.10 bits per heavy atom. The lowest BCUT2D eigenvalue weighted by Gasteiger charge is -2.12. The fourth-order valence-electron chi connectivity index (χ4n) is 2.55. The minimum absolute atomic E-state index is 0.0381. The van der Waals surface area contributed by atoms with Crippen LogP contribution in [0.25, 0.3) is 0 Å². The number of carbonyl (C=O) groups excluding carboxylic acids is 1. The third-order valence-corrected chi connectivity index (χ3v) is 5.83. The number of ketones is 1. The molecule has 0 spiro atoms. The summed E-state index contributed by atoms with van der Waals surface area (Å²) < 4.78 is 28.4. The summed E-state index contributed by atoms with van der Waals surface area (Å²) in [5.41, 5.74) is 1.41. The van der Waals surface area contributed by atoms with Crippen LogP contribution in [0.4, 0.5) is 0 Å². The normalized spacial score (nSPS) is 17.9. The van der Waals surface area contributed by atoms with Gasteiger partial charge in [-0.25, -0.2) is 8.42 Å². The van der Waals surface area contributed by atoms with Gasteiger partial charge in [-0.05, 0) is 30.0 Å². The zero-order valence-electron chi connectivity index (χ0n) is 12.2. The summed E-state index contributed by atoms with van der Waals surface area (Å²) in [5.74, 6) is 0.890. The van der Waals surface area contributed by atoms with Gasteiger partial charge in [0.2, 0.25) is 0 Å². The lowest BCUT2D eigenvalue weighted by atomic mass is 10.0. The average molecular weight is 331 g/mol. The van der Waals surface area contributed by atoms with Crippen molar-refractivity contribution < 1.29 is 17.9 Å². The summed E-state index contributed by atoms with van der Waals surface area (Å²) in [4.78, 5) is 12.1. The molecule has 0 aliphatic heterocycles. The maximum atomic E-state index is 12.1. The van der Waals surface area contributed by atoms with Gasteiger partial charge in [-0.2, -0.15) is 0 Å². The van der Waals surface area contributed by atoms with Crippen LogP contribution >= 0.6 is 11.6 Å². The van der Waals surface area contributed by atoms with Gasteiger partial charge in [0.1, 0.15) is 15.6 Å². The lowest BCUT2D eigenvalue weighted by Crippen LogP contribution is -2.12. The van der Waals surface area contributed by atoms with Gasteiger partial charge in [-0.1, -0.05) is 25.4 Å². The van der Waals surface area contributed by atoms with Gasteiger partial charge in [0, 0.05) is 17.2 Å². The predicted molar refractivity (Wildman–Crippen MR) is 83.3 cm³/mol. The molecular formula is C15H19ClO4S. The molecule has 1 aliphatic carbocycles. The number of rotatable bonds is 6. The first kappa shape index (κ1) is 16.3. The van der Waals surface area contributed by atoms with E-state index in [9.17, 15) is 13.2 Å². The summed E-state index contributed by atoms with van der Waals surface area (Å²) in [5, 5.41) is 0.587. The van der Waals surface area contributed by atoms with Crippen LogP contribution in [0, 0.1) is 0 Å². The molecule has 0 saturated carbocycles. The first-order valence-corrected chi connectivity index (χ1v) is 9.24. The number of ether oxygens (including phenoxy) is 1. The minimum atomic E-state index is -2.98. The highest BCUT2D eigenvalue weighted by atomic mass is 35.5. The smallest absolute Gasteiger partial charge is 0.167 e. The molecule has 21 heavy (non-hydrogen) atoms. The van der Waals surface area contributed by atoms with E-state index < -0.39 is 9.84 Å².